The quantitative estimate of drug-likeness (QED) is 0.915. The predicted octanol–water partition coefficient (Wildman–Crippen LogP) is 4.20. The van der Waals surface area contributed by atoms with Crippen LogP contribution in [0.15, 0.2) is 48.5 Å². The van der Waals surface area contributed by atoms with Gasteiger partial charge in [0, 0.05) is 0 Å². The lowest BCUT2D eigenvalue weighted by molar-refractivity contribution is 0.151. The maximum absolute atomic E-state index is 6.44. The zero-order valence-electron chi connectivity index (χ0n) is 12.8. The van der Waals surface area contributed by atoms with Crippen LogP contribution < -0.4 is 10.5 Å². The van der Waals surface area contributed by atoms with Crippen LogP contribution in [0.3, 0.4) is 0 Å². The number of aryl methyl sites for hydroxylation is 1. The Morgan fingerprint density at radius 3 is 2.57 bits per heavy atom. The Labute approximate surface area is 126 Å². The first-order chi connectivity index (χ1) is 10.2. The molecule has 2 heteroatoms. The lowest BCUT2D eigenvalue weighted by Gasteiger charge is -2.32. The molecule has 3 rings (SSSR count). The van der Waals surface area contributed by atoms with Crippen LogP contribution in [0.5, 0.6) is 5.75 Å². The number of hydrogen-bond donors (Lipinski definition) is 1. The third-order valence-electron chi connectivity index (χ3n) is 4.33. The van der Waals surface area contributed by atoms with Crippen molar-refractivity contribution < 1.29 is 4.74 Å². The van der Waals surface area contributed by atoms with Gasteiger partial charge in [0.1, 0.15) is 11.9 Å². The van der Waals surface area contributed by atoms with Gasteiger partial charge in [0.05, 0.1) is 6.04 Å². The number of fused-ring (bicyclic) bond motifs is 1. The third kappa shape index (κ3) is 2.81. The molecule has 0 aromatic heterocycles. The van der Waals surface area contributed by atoms with Crippen molar-refractivity contribution in [2.24, 2.45) is 5.73 Å². The first-order valence-corrected chi connectivity index (χ1v) is 7.76. The van der Waals surface area contributed by atoms with Crippen molar-refractivity contribution in [2.75, 3.05) is 0 Å². The number of hydrogen-bond acceptors (Lipinski definition) is 2. The van der Waals surface area contributed by atoms with E-state index in [0.717, 1.165) is 18.6 Å². The van der Waals surface area contributed by atoms with Gasteiger partial charge in [-0.05, 0) is 41.5 Å². The van der Waals surface area contributed by atoms with E-state index in [9.17, 15) is 0 Å². The second-order valence-electron chi connectivity index (χ2n) is 6.11. The molecule has 0 saturated carbocycles. The summed E-state index contributed by atoms with van der Waals surface area (Å²) in [4.78, 5) is 0. The molecular formula is C19H23NO. The summed E-state index contributed by atoms with van der Waals surface area (Å²) in [5.41, 5.74) is 10.3. The minimum atomic E-state index is -0.0461. The molecule has 0 aliphatic heterocycles. The van der Waals surface area contributed by atoms with Crippen molar-refractivity contribution in [1.82, 2.24) is 0 Å². The van der Waals surface area contributed by atoms with Crippen LogP contribution in [0.1, 0.15) is 48.9 Å². The molecule has 2 N–H and O–H groups in total. The van der Waals surface area contributed by atoms with Gasteiger partial charge in [-0.1, -0.05) is 56.3 Å². The van der Waals surface area contributed by atoms with E-state index in [1.54, 1.807) is 0 Å². The predicted molar refractivity (Wildman–Crippen MR) is 86.6 cm³/mol. The zero-order valence-corrected chi connectivity index (χ0v) is 12.8. The summed E-state index contributed by atoms with van der Waals surface area (Å²) in [6.45, 7) is 4.39. The molecule has 2 nitrogen and oxygen atoms in total. The Morgan fingerprint density at radius 2 is 1.76 bits per heavy atom. The largest absolute Gasteiger partial charge is 0.488 e. The second kappa shape index (κ2) is 5.90. The van der Waals surface area contributed by atoms with E-state index in [2.05, 4.69) is 56.3 Å². The molecule has 1 aliphatic rings. The number of nitrogens with two attached hydrogens (primary N) is 1. The smallest absolute Gasteiger partial charge is 0.123 e. The third-order valence-corrected chi connectivity index (χ3v) is 4.33. The molecule has 0 saturated heterocycles. The number of ether oxygens (including phenoxy) is 1. The summed E-state index contributed by atoms with van der Waals surface area (Å²) >= 11 is 0. The summed E-state index contributed by atoms with van der Waals surface area (Å²) in [5.74, 6) is 1.43. The van der Waals surface area contributed by atoms with E-state index in [0.29, 0.717) is 5.92 Å². The van der Waals surface area contributed by atoms with E-state index in [4.69, 9.17) is 10.5 Å². The lowest BCUT2D eigenvalue weighted by atomic mass is 9.86. The van der Waals surface area contributed by atoms with Gasteiger partial charge in [-0.15, -0.1) is 0 Å². The highest BCUT2D eigenvalue weighted by Gasteiger charge is 2.28. The molecule has 2 unspecified atom stereocenters. The number of benzene rings is 2. The molecule has 0 bridgehead atoms. The highest BCUT2D eigenvalue weighted by Crippen LogP contribution is 2.33. The standard InChI is InChI=1S/C19H23NO/c1-13(2)15-8-5-6-10-17(15)21-18-12-11-14-7-3-4-9-16(14)19(18)20/h3-10,13,18-19H,11-12,20H2,1-2H3. The van der Waals surface area contributed by atoms with Crippen molar-refractivity contribution >= 4 is 0 Å². The molecule has 21 heavy (non-hydrogen) atoms. The second-order valence-corrected chi connectivity index (χ2v) is 6.11. The minimum Gasteiger partial charge on any atom is -0.488 e. The van der Waals surface area contributed by atoms with Crippen molar-refractivity contribution in [2.45, 2.75) is 44.8 Å². The van der Waals surface area contributed by atoms with Gasteiger partial charge in [-0.2, -0.15) is 0 Å². The fourth-order valence-corrected chi connectivity index (χ4v) is 3.12. The topological polar surface area (TPSA) is 35.2 Å². The summed E-state index contributed by atoms with van der Waals surface area (Å²) in [6, 6.07) is 16.7. The molecule has 2 atom stereocenters. The van der Waals surface area contributed by atoms with Crippen molar-refractivity contribution in [3.63, 3.8) is 0 Å². The average molecular weight is 281 g/mol. The van der Waals surface area contributed by atoms with E-state index in [1.807, 2.05) is 6.07 Å². The minimum absolute atomic E-state index is 0.0461. The number of rotatable bonds is 3. The maximum Gasteiger partial charge on any atom is 0.123 e. The molecule has 0 heterocycles. The monoisotopic (exact) mass is 281 g/mol. The SMILES string of the molecule is CC(C)c1ccccc1OC1CCc2ccccc2C1N. The highest BCUT2D eigenvalue weighted by atomic mass is 16.5. The molecule has 110 valence electrons. The molecule has 2 aromatic rings. The Kier molecular flexibility index (Phi) is 3.98. The van der Waals surface area contributed by atoms with Gasteiger partial charge in [0.15, 0.2) is 0 Å². The van der Waals surface area contributed by atoms with Gasteiger partial charge in [-0.3, -0.25) is 0 Å². The van der Waals surface area contributed by atoms with Gasteiger partial charge >= 0.3 is 0 Å². The van der Waals surface area contributed by atoms with Crippen LogP contribution in [0.4, 0.5) is 0 Å². The van der Waals surface area contributed by atoms with Crippen LogP contribution in [0, 0.1) is 0 Å². The Bertz CT molecular complexity index is 620. The molecule has 0 amide bonds. The van der Waals surface area contributed by atoms with E-state index in [1.165, 1.54) is 16.7 Å². The van der Waals surface area contributed by atoms with Crippen molar-refractivity contribution in [1.29, 1.82) is 0 Å². The highest BCUT2D eigenvalue weighted by molar-refractivity contribution is 5.37. The molecule has 0 radical (unpaired) electrons. The first kappa shape index (κ1) is 14.2. The fraction of sp³-hybridized carbons (Fsp3) is 0.368. The molecule has 1 aliphatic carbocycles. The molecule has 0 fully saturated rings. The normalized spacial score (nSPS) is 21.1. The van der Waals surface area contributed by atoms with Crippen LogP contribution in [0.2, 0.25) is 0 Å². The van der Waals surface area contributed by atoms with E-state index >= 15 is 0 Å². The average Bonchev–Trinajstić information content (AvgIpc) is 2.51. The lowest BCUT2D eigenvalue weighted by Crippen LogP contribution is -2.36. The summed E-state index contributed by atoms with van der Waals surface area (Å²) in [7, 11) is 0. The van der Waals surface area contributed by atoms with E-state index < -0.39 is 0 Å². The summed E-state index contributed by atoms with van der Waals surface area (Å²) < 4.78 is 6.29. The molecule has 2 aromatic carbocycles. The zero-order chi connectivity index (χ0) is 14.8. The maximum atomic E-state index is 6.44. The summed E-state index contributed by atoms with van der Waals surface area (Å²) in [5, 5.41) is 0. The summed E-state index contributed by atoms with van der Waals surface area (Å²) in [6.07, 6.45) is 2.07. The van der Waals surface area contributed by atoms with Crippen LogP contribution in [-0.4, -0.2) is 6.10 Å². The first-order valence-electron chi connectivity index (χ1n) is 7.76. The van der Waals surface area contributed by atoms with E-state index in [-0.39, 0.29) is 12.1 Å². The van der Waals surface area contributed by atoms with Crippen LogP contribution >= 0.6 is 0 Å². The van der Waals surface area contributed by atoms with Crippen LogP contribution in [0.25, 0.3) is 0 Å². The van der Waals surface area contributed by atoms with Gasteiger partial charge in [0.2, 0.25) is 0 Å². The Balaban J connectivity index is 1.84. The molecule has 0 spiro atoms. The van der Waals surface area contributed by atoms with Gasteiger partial charge < -0.3 is 10.5 Å². The number of para-hydroxylation sites is 1. The molecular weight excluding hydrogens is 258 g/mol. The Morgan fingerprint density at radius 1 is 1.05 bits per heavy atom. The Hall–Kier alpha value is -1.80. The van der Waals surface area contributed by atoms with Gasteiger partial charge in [0.25, 0.3) is 0 Å². The van der Waals surface area contributed by atoms with Crippen LogP contribution in [-0.2, 0) is 6.42 Å². The van der Waals surface area contributed by atoms with Crippen molar-refractivity contribution in [3.05, 3.63) is 65.2 Å². The van der Waals surface area contributed by atoms with Crippen molar-refractivity contribution in [3.8, 4) is 5.75 Å². The van der Waals surface area contributed by atoms with Gasteiger partial charge in [-0.25, -0.2) is 0 Å². The fourth-order valence-electron chi connectivity index (χ4n) is 3.12.